The SMILES string of the molecule is COc1ccc(-c2nnc(SCC(=O)c3cc(C)n(CCC(C)C)c3C)o2)cc1OC. The predicted octanol–water partition coefficient (Wildman–Crippen LogP) is 5.19. The molecule has 0 unspecified atom stereocenters. The highest BCUT2D eigenvalue weighted by molar-refractivity contribution is 7.99. The molecule has 3 aromatic rings. The third-order valence-corrected chi connectivity index (χ3v) is 5.99. The van der Waals surface area contributed by atoms with Crippen LogP contribution in [0.5, 0.6) is 11.5 Å². The Balaban J connectivity index is 1.67. The van der Waals surface area contributed by atoms with Crippen LogP contribution in [0.15, 0.2) is 33.9 Å². The summed E-state index contributed by atoms with van der Waals surface area (Å²) < 4.78 is 18.5. The highest BCUT2D eigenvalue weighted by atomic mass is 32.2. The number of rotatable bonds is 10. The molecule has 0 bridgehead atoms. The Kier molecular flexibility index (Phi) is 7.43. The lowest BCUT2D eigenvalue weighted by Gasteiger charge is -2.11. The van der Waals surface area contributed by atoms with Gasteiger partial charge in [-0.15, -0.1) is 10.2 Å². The lowest BCUT2D eigenvalue weighted by Crippen LogP contribution is -2.08. The number of carbonyl (C=O) groups is 1. The van der Waals surface area contributed by atoms with Crippen LogP contribution in [0.3, 0.4) is 0 Å². The molecule has 0 radical (unpaired) electrons. The van der Waals surface area contributed by atoms with E-state index in [0.29, 0.717) is 28.5 Å². The Labute approximate surface area is 187 Å². The third-order valence-electron chi connectivity index (χ3n) is 5.17. The van der Waals surface area contributed by atoms with Crippen LogP contribution in [0.25, 0.3) is 11.5 Å². The van der Waals surface area contributed by atoms with Gasteiger partial charge in [0.1, 0.15) is 0 Å². The largest absolute Gasteiger partial charge is 0.493 e. The lowest BCUT2D eigenvalue weighted by atomic mass is 10.1. The molecule has 0 spiro atoms. The molecule has 0 saturated heterocycles. The molecular weight excluding hydrogens is 414 g/mol. The van der Waals surface area contributed by atoms with Gasteiger partial charge in [-0.05, 0) is 50.5 Å². The van der Waals surface area contributed by atoms with E-state index in [9.17, 15) is 4.79 Å². The first-order chi connectivity index (χ1) is 14.8. The van der Waals surface area contributed by atoms with Crippen molar-refractivity contribution < 1.29 is 18.7 Å². The number of methoxy groups -OCH3 is 2. The molecule has 8 heteroatoms. The normalized spacial score (nSPS) is 11.2. The summed E-state index contributed by atoms with van der Waals surface area (Å²) in [5.74, 6) is 2.48. The number of ketones is 1. The quantitative estimate of drug-likeness (QED) is 0.315. The fraction of sp³-hybridized carbons (Fsp3) is 0.435. The second kappa shape index (κ2) is 10.0. The van der Waals surface area contributed by atoms with Crippen molar-refractivity contribution in [1.82, 2.24) is 14.8 Å². The van der Waals surface area contributed by atoms with Gasteiger partial charge < -0.3 is 18.5 Å². The van der Waals surface area contributed by atoms with Crippen molar-refractivity contribution in [3.63, 3.8) is 0 Å². The van der Waals surface area contributed by atoms with E-state index in [1.807, 2.05) is 26.0 Å². The molecule has 2 heterocycles. The van der Waals surface area contributed by atoms with Crippen molar-refractivity contribution in [2.24, 2.45) is 5.92 Å². The van der Waals surface area contributed by atoms with Gasteiger partial charge in [-0.2, -0.15) is 0 Å². The summed E-state index contributed by atoms with van der Waals surface area (Å²) in [7, 11) is 3.15. The highest BCUT2D eigenvalue weighted by Gasteiger charge is 2.18. The summed E-state index contributed by atoms with van der Waals surface area (Å²) in [5, 5.41) is 8.52. The zero-order chi connectivity index (χ0) is 22.5. The average molecular weight is 444 g/mol. The summed E-state index contributed by atoms with van der Waals surface area (Å²) in [4.78, 5) is 12.8. The predicted molar refractivity (Wildman–Crippen MR) is 121 cm³/mol. The van der Waals surface area contributed by atoms with Gasteiger partial charge in [0.05, 0.1) is 20.0 Å². The Morgan fingerprint density at radius 2 is 1.87 bits per heavy atom. The van der Waals surface area contributed by atoms with Crippen LogP contribution < -0.4 is 9.47 Å². The Morgan fingerprint density at radius 3 is 2.55 bits per heavy atom. The fourth-order valence-corrected chi connectivity index (χ4v) is 4.02. The van der Waals surface area contributed by atoms with Crippen LogP contribution in [0, 0.1) is 19.8 Å². The summed E-state index contributed by atoms with van der Waals surface area (Å²) in [5.41, 5.74) is 3.60. The molecule has 0 aliphatic carbocycles. The minimum Gasteiger partial charge on any atom is -0.493 e. The van der Waals surface area contributed by atoms with Crippen molar-refractivity contribution in [3.05, 3.63) is 41.2 Å². The molecule has 0 saturated carbocycles. The molecular formula is C23H29N3O4S. The lowest BCUT2D eigenvalue weighted by molar-refractivity contribution is 0.102. The fourth-order valence-electron chi connectivity index (χ4n) is 3.37. The standard InChI is InChI=1S/C23H29N3O4S/c1-14(2)9-10-26-15(3)11-18(16(26)4)19(27)13-31-23-25-24-22(30-23)17-7-8-20(28-5)21(12-17)29-6/h7-8,11-12,14H,9-10,13H2,1-6H3. The van der Waals surface area contributed by atoms with E-state index in [1.165, 1.54) is 11.8 Å². The molecule has 3 rings (SSSR count). The summed E-state index contributed by atoms with van der Waals surface area (Å²) >= 11 is 1.24. The van der Waals surface area contributed by atoms with Crippen LogP contribution in [-0.4, -0.2) is 40.5 Å². The van der Waals surface area contributed by atoms with E-state index < -0.39 is 0 Å². The Hall–Kier alpha value is -2.74. The van der Waals surface area contributed by atoms with Crippen molar-refractivity contribution >= 4 is 17.5 Å². The Morgan fingerprint density at radius 1 is 1.13 bits per heavy atom. The van der Waals surface area contributed by atoms with E-state index in [-0.39, 0.29) is 11.5 Å². The van der Waals surface area contributed by atoms with E-state index in [2.05, 4.69) is 28.6 Å². The average Bonchev–Trinajstić information content (AvgIpc) is 3.34. The highest BCUT2D eigenvalue weighted by Crippen LogP contribution is 2.32. The maximum Gasteiger partial charge on any atom is 0.277 e. The molecule has 1 aromatic carbocycles. The van der Waals surface area contributed by atoms with Crippen LogP contribution in [0.4, 0.5) is 0 Å². The summed E-state index contributed by atoms with van der Waals surface area (Å²) in [6, 6.07) is 7.35. The van der Waals surface area contributed by atoms with Crippen molar-refractivity contribution in [2.75, 3.05) is 20.0 Å². The van der Waals surface area contributed by atoms with Crippen LogP contribution >= 0.6 is 11.8 Å². The minimum absolute atomic E-state index is 0.0553. The van der Waals surface area contributed by atoms with Crippen molar-refractivity contribution in [3.8, 4) is 23.0 Å². The molecule has 31 heavy (non-hydrogen) atoms. The monoisotopic (exact) mass is 443 g/mol. The molecule has 0 N–H and O–H groups in total. The first kappa shape index (κ1) is 22.9. The van der Waals surface area contributed by atoms with Gasteiger partial charge in [-0.1, -0.05) is 25.6 Å². The molecule has 166 valence electrons. The molecule has 0 amide bonds. The molecule has 7 nitrogen and oxygen atoms in total. The molecule has 0 aliphatic rings. The molecule has 0 atom stereocenters. The van der Waals surface area contributed by atoms with Crippen LogP contribution in [-0.2, 0) is 6.54 Å². The van der Waals surface area contributed by atoms with Gasteiger partial charge >= 0.3 is 0 Å². The van der Waals surface area contributed by atoms with Gasteiger partial charge in [0, 0.05) is 29.1 Å². The first-order valence-corrected chi connectivity index (χ1v) is 11.2. The van der Waals surface area contributed by atoms with Gasteiger partial charge in [0.15, 0.2) is 17.3 Å². The Bertz CT molecular complexity index is 1060. The molecule has 2 aromatic heterocycles. The summed E-state index contributed by atoms with van der Waals surface area (Å²) in [6.45, 7) is 9.39. The number of ether oxygens (including phenoxy) is 2. The van der Waals surface area contributed by atoms with E-state index in [4.69, 9.17) is 13.9 Å². The van der Waals surface area contributed by atoms with Gasteiger partial charge in [-0.3, -0.25) is 4.79 Å². The van der Waals surface area contributed by atoms with Crippen molar-refractivity contribution in [2.45, 2.75) is 45.9 Å². The minimum atomic E-state index is 0.0553. The van der Waals surface area contributed by atoms with E-state index >= 15 is 0 Å². The number of aromatic nitrogens is 3. The second-order valence-corrected chi connectivity index (χ2v) is 8.70. The van der Waals surface area contributed by atoms with Gasteiger partial charge in [-0.25, -0.2) is 0 Å². The number of thioether (sulfide) groups is 1. The first-order valence-electron chi connectivity index (χ1n) is 10.2. The van der Waals surface area contributed by atoms with Crippen molar-refractivity contribution in [1.29, 1.82) is 0 Å². The number of aryl methyl sites for hydroxylation is 1. The number of hydrogen-bond donors (Lipinski definition) is 0. The second-order valence-electron chi connectivity index (χ2n) is 7.77. The number of hydrogen-bond acceptors (Lipinski definition) is 7. The van der Waals surface area contributed by atoms with Gasteiger partial charge in [0.2, 0.25) is 5.89 Å². The van der Waals surface area contributed by atoms with Crippen LogP contribution in [0.2, 0.25) is 0 Å². The zero-order valence-corrected chi connectivity index (χ0v) is 19.7. The van der Waals surface area contributed by atoms with E-state index in [1.54, 1.807) is 26.4 Å². The molecule has 0 aliphatic heterocycles. The third kappa shape index (κ3) is 5.31. The van der Waals surface area contributed by atoms with Gasteiger partial charge in [0.25, 0.3) is 5.22 Å². The maximum absolute atomic E-state index is 12.8. The number of benzene rings is 1. The number of nitrogens with zero attached hydrogens (tertiary/aromatic N) is 3. The number of Topliss-reactive ketones (excluding diaryl/α,β-unsaturated/α-hetero) is 1. The smallest absolute Gasteiger partial charge is 0.277 e. The van der Waals surface area contributed by atoms with Crippen LogP contribution in [0.1, 0.15) is 42.0 Å². The number of carbonyl (C=O) groups excluding carboxylic acids is 1. The summed E-state index contributed by atoms with van der Waals surface area (Å²) in [6.07, 6.45) is 1.08. The van der Waals surface area contributed by atoms with E-state index in [0.717, 1.165) is 35.5 Å². The maximum atomic E-state index is 12.8. The molecule has 0 fully saturated rings. The topological polar surface area (TPSA) is 79.4 Å². The zero-order valence-electron chi connectivity index (χ0n) is 18.9.